The second-order valence-electron chi connectivity index (χ2n) is 4.34. The summed E-state index contributed by atoms with van der Waals surface area (Å²) in [5.41, 5.74) is 0. The third kappa shape index (κ3) is 1.33. The van der Waals surface area contributed by atoms with E-state index in [2.05, 4.69) is 0 Å². The topological polar surface area (TPSA) is 17.1 Å². The van der Waals surface area contributed by atoms with Crippen molar-refractivity contribution in [3.8, 4) is 0 Å². The Kier molecular flexibility index (Phi) is 1.74. The number of hydrogen-bond acceptors (Lipinski definition) is 1. The molecule has 1 nitrogen and oxygen atoms in total. The van der Waals surface area contributed by atoms with E-state index < -0.39 is 0 Å². The molecule has 62 valence electrons. The van der Waals surface area contributed by atoms with Crippen LogP contribution < -0.4 is 0 Å². The average Bonchev–Trinajstić information content (AvgIpc) is 2.45. The van der Waals surface area contributed by atoms with Gasteiger partial charge in [-0.2, -0.15) is 0 Å². The van der Waals surface area contributed by atoms with Gasteiger partial charge < -0.3 is 4.79 Å². The van der Waals surface area contributed by atoms with Crippen LogP contribution in [0.1, 0.15) is 39.0 Å². The van der Waals surface area contributed by atoms with Crippen molar-refractivity contribution in [1.29, 1.82) is 0 Å². The standard InChI is InChI=1S/C10H16O/c1-7(11)4-10-6-8-2-3-9(10)5-8/h8-10H,2-6H2,1H3/t8-,9-,10+/m1/s1. The number of ketones is 1. The Morgan fingerprint density at radius 2 is 2.18 bits per heavy atom. The van der Waals surface area contributed by atoms with Crippen LogP contribution in [-0.4, -0.2) is 5.78 Å². The van der Waals surface area contributed by atoms with Crippen molar-refractivity contribution in [3.05, 3.63) is 0 Å². The first-order chi connectivity index (χ1) is 5.25. The molecule has 0 heterocycles. The Morgan fingerprint density at radius 3 is 2.64 bits per heavy atom. The zero-order valence-corrected chi connectivity index (χ0v) is 7.18. The Bertz CT molecular complexity index is 174. The SMILES string of the molecule is CC(=O)C[C@H]1C[C@@H]2CC[C@@H]1C2. The first-order valence-electron chi connectivity index (χ1n) is 4.75. The number of rotatable bonds is 2. The summed E-state index contributed by atoms with van der Waals surface area (Å²) in [6, 6.07) is 0. The molecule has 3 atom stereocenters. The van der Waals surface area contributed by atoms with Crippen LogP contribution in [0.25, 0.3) is 0 Å². The molecule has 0 N–H and O–H groups in total. The Balaban J connectivity index is 1.92. The molecule has 2 bridgehead atoms. The van der Waals surface area contributed by atoms with Gasteiger partial charge in [0.25, 0.3) is 0 Å². The van der Waals surface area contributed by atoms with Crippen molar-refractivity contribution < 1.29 is 4.79 Å². The summed E-state index contributed by atoms with van der Waals surface area (Å²) in [6.07, 6.45) is 6.49. The normalized spacial score (nSPS) is 41.4. The van der Waals surface area contributed by atoms with Gasteiger partial charge in [-0.15, -0.1) is 0 Å². The fraction of sp³-hybridized carbons (Fsp3) is 0.900. The van der Waals surface area contributed by atoms with Crippen LogP contribution in [0.3, 0.4) is 0 Å². The third-order valence-electron chi connectivity index (χ3n) is 3.43. The molecule has 0 unspecified atom stereocenters. The van der Waals surface area contributed by atoms with Gasteiger partial charge in [0, 0.05) is 6.42 Å². The van der Waals surface area contributed by atoms with E-state index in [9.17, 15) is 4.79 Å². The van der Waals surface area contributed by atoms with Crippen LogP contribution in [0.15, 0.2) is 0 Å². The number of fused-ring (bicyclic) bond motifs is 2. The molecular formula is C10H16O. The molecule has 0 aromatic carbocycles. The second-order valence-corrected chi connectivity index (χ2v) is 4.34. The molecular weight excluding hydrogens is 136 g/mol. The highest BCUT2D eigenvalue weighted by Crippen LogP contribution is 2.49. The van der Waals surface area contributed by atoms with Crippen molar-refractivity contribution in [3.63, 3.8) is 0 Å². The van der Waals surface area contributed by atoms with E-state index in [1.807, 2.05) is 0 Å². The minimum atomic E-state index is 0.391. The molecule has 1 heteroatoms. The third-order valence-corrected chi connectivity index (χ3v) is 3.43. The Labute approximate surface area is 68.2 Å². The zero-order valence-electron chi connectivity index (χ0n) is 7.18. The summed E-state index contributed by atoms with van der Waals surface area (Å²) in [4.78, 5) is 10.9. The van der Waals surface area contributed by atoms with Crippen molar-refractivity contribution in [2.75, 3.05) is 0 Å². The summed E-state index contributed by atoms with van der Waals surface area (Å²) < 4.78 is 0. The highest BCUT2D eigenvalue weighted by Gasteiger charge is 2.39. The molecule has 0 saturated heterocycles. The lowest BCUT2D eigenvalue weighted by Gasteiger charge is -2.19. The predicted octanol–water partition coefficient (Wildman–Crippen LogP) is 2.40. The first-order valence-corrected chi connectivity index (χ1v) is 4.75. The fourth-order valence-electron chi connectivity index (χ4n) is 3.00. The summed E-state index contributed by atoms with van der Waals surface area (Å²) in [5.74, 6) is 3.07. The van der Waals surface area contributed by atoms with Crippen molar-refractivity contribution in [2.45, 2.75) is 39.0 Å². The van der Waals surface area contributed by atoms with E-state index in [4.69, 9.17) is 0 Å². The molecule has 0 amide bonds. The number of carbonyl (C=O) groups is 1. The minimum absolute atomic E-state index is 0.391. The maximum absolute atomic E-state index is 10.9. The van der Waals surface area contributed by atoms with E-state index in [1.54, 1.807) is 6.92 Å². The minimum Gasteiger partial charge on any atom is -0.300 e. The maximum atomic E-state index is 10.9. The molecule has 0 aliphatic heterocycles. The monoisotopic (exact) mass is 152 g/mol. The van der Waals surface area contributed by atoms with Gasteiger partial charge in [0.15, 0.2) is 0 Å². The molecule has 2 rings (SSSR count). The largest absolute Gasteiger partial charge is 0.300 e. The quantitative estimate of drug-likeness (QED) is 0.593. The second kappa shape index (κ2) is 2.62. The lowest BCUT2D eigenvalue weighted by molar-refractivity contribution is -0.118. The molecule has 2 aliphatic rings. The molecule has 2 aliphatic carbocycles. The van der Waals surface area contributed by atoms with Crippen LogP contribution in [0, 0.1) is 17.8 Å². The van der Waals surface area contributed by atoms with Crippen LogP contribution in [0.2, 0.25) is 0 Å². The predicted molar refractivity (Wildman–Crippen MR) is 44.2 cm³/mol. The molecule has 2 fully saturated rings. The Hall–Kier alpha value is -0.330. The van der Waals surface area contributed by atoms with E-state index in [-0.39, 0.29) is 0 Å². The molecule has 0 radical (unpaired) electrons. The van der Waals surface area contributed by atoms with E-state index in [0.29, 0.717) is 5.78 Å². The zero-order chi connectivity index (χ0) is 7.84. The van der Waals surface area contributed by atoms with Gasteiger partial charge in [0.2, 0.25) is 0 Å². The van der Waals surface area contributed by atoms with Gasteiger partial charge in [-0.25, -0.2) is 0 Å². The van der Waals surface area contributed by atoms with Crippen LogP contribution >= 0.6 is 0 Å². The van der Waals surface area contributed by atoms with Gasteiger partial charge in [0.05, 0.1) is 0 Å². The number of hydrogen-bond donors (Lipinski definition) is 0. The Morgan fingerprint density at radius 1 is 1.36 bits per heavy atom. The molecule has 0 aromatic rings. The number of carbonyl (C=O) groups excluding carboxylic acids is 1. The van der Waals surface area contributed by atoms with Crippen LogP contribution in [0.4, 0.5) is 0 Å². The number of Topliss-reactive ketones (excluding diaryl/α,β-unsaturated/α-hetero) is 1. The van der Waals surface area contributed by atoms with Crippen molar-refractivity contribution in [1.82, 2.24) is 0 Å². The fourth-order valence-corrected chi connectivity index (χ4v) is 3.00. The van der Waals surface area contributed by atoms with Crippen molar-refractivity contribution in [2.24, 2.45) is 17.8 Å². The molecule has 0 spiro atoms. The lowest BCUT2D eigenvalue weighted by atomic mass is 9.85. The summed E-state index contributed by atoms with van der Waals surface area (Å²) >= 11 is 0. The molecule has 2 saturated carbocycles. The highest BCUT2D eigenvalue weighted by molar-refractivity contribution is 5.75. The summed E-state index contributed by atoms with van der Waals surface area (Å²) in [5, 5.41) is 0. The summed E-state index contributed by atoms with van der Waals surface area (Å²) in [7, 11) is 0. The maximum Gasteiger partial charge on any atom is 0.130 e. The van der Waals surface area contributed by atoms with Gasteiger partial charge in [-0.3, -0.25) is 0 Å². The van der Waals surface area contributed by atoms with E-state index >= 15 is 0 Å². The van der Waals surface area contributed by atoms with E-state index in [0.717, 1.165) is 24.2 Å². The van der Waals surface area contributed by atoms with Crippen LogP contribution in [0.5, 0.6) is 0 Å². The highest BCUT2D eigenvalue weighted by atomic mass is 16.1. The van der Waals surface area contributed by atoms with Crippen molar-refractivity contribution >= 4 is 5.78 Å². The first kappa shape index (κ1) is 7.33. The van der Waals surface area contributed by atoms with Gasteiger partial charge >= 0.3 is 0 Å². The van der Waals surface area contributed by atoms with Crippen LogP contribution in [-0.2, 0) is 4.79 Å². The molecule has 0 aromatic heterocycles. The smallest absolute Gasteiger partial charge is 0.130 e. The van der Waals surface area contributed by atoms with Gasteiger partial charge in [-0.05, 0) is 43.9 Å². The van der Waals surface area contributed by atoms with Gasteiger partial charge in [-0.1, -0.05) is 6.42 Å². The lowest BCUT2D eigenvalue weighted by Crippen LogP contribution is -2.13. The summed E-state index contributed by atoms with van der Waals surface area (Å²) in [6.45, 7) is 1.73. The average molecular weight is 152 g/mol. The van der Waals surface area contributed by atoms with Gasteiger partial charge in [0.1, 0.15) is 5.78 Å². The molecule has 11 heavy (non-hydrogen) atoms. The van der Waals surface area contributed by atoms with E-state index in [1.165, 1.54) is 25.7 Å².